The molecule has 142 valence electrons. The number of methoxy groups -OCH3 is 1. The van der Waals surface area contributed by atoms with Crippen LogP contribution in [0.3, 0.4) is 0 Å². The smallest absolute Gasteiger partial charge is 0.310 e. The summed E-state index contributed by atoms with van der Waals surface area (Å²) in [7, 11) is 2.89. The van der Waals surface area contributed by atoms with Crippen molar-refractivity contribution in [2.24, 2.45) is 0 Å². The van der Waals surface area contributed by atoms with Gasteiger partial charge in [0.05, 0.1) is 28.2 Å². The monoisotopic (exact) mass is 530 g/mol. The topological polar surface area (TPSA) is 44.8 Å². The van der Waals surface area contributed by atoms with Gasteiger partial charge >= 0.3 is 5.97 Å². The Labute approximate surface area is 182 Å². The van der Waals surface area contributed by atoms with E-state index < -0.39 is 0 Å². The molecule has 0 bridgehead atoms. The van der Waals surface area contributed by atoms with E-state index in [-0.39, 0.29) is 12.4 Å². The first kappa shape index (κ1) is 20.7. The zero-order chi connectivity index (χ0) is 19.4. The van der Waals surface area contributed by atoms with Gasteiger partial charge in [0, 0.05) is 9.75 Å². The summed E-state index contributed by atoms with van der Waals surface area (Å²) >= 11 is 10.3. The number of esters is 1. The Morgan fingerprint density at radius 3 is 1.96 bits per heavy atom. The number of benzene rings is 1. The zero-order valence-electron chi connectivity index (χ0n) is 14.6. The van der Waals surface area contributed by atoms with Gasteiger partial charge in [-0.25, -0.2) is 9.78 Å². The molecule has 0 aliphatic heterocycles. The van der Waals surface area contributed by atoms with Crippen molar-refractivity contribution < 1.29 is 19.3 Å². The molecule has 0 aliphatic carbocycles. The summed E-state index contributed by atoms with van der Waals surface area (Å²) in [5, 5.41) is 0. The van der Waals surface area contributed by atoms with Crippen LogP contribution in [0.5, 0.6) is 0 Å². The number of hydrogen-bond acceptors (Lipinski definition) is 6. The van der Waals surface area contributed by atoms with E-state index in [0.29, 0.717) is 6.61 Å². The molecule has 0 N–H and O–H groups in total. The van der Waals surface area contributed by atoms with E-state index in [1.807, 2.05) is 30.3 Å². The predicted molar refractivity (Wildman–Crippen MR) is 116 cm³/mol. The summed E-state index contributed by atoms with van der Waals surface area (Å²) in [4.78, 5) is 24.2. The quantitative estimate of drug-likeness (QED) is 0.199. The molecule has 27 heavy (non-hydrogen) atoms. The number of halogens is 2. The third kappa shape index (κ3) is 5.07. The molecule has 4 nitrogen and oxygen atoms in total. The molecule has 0 atom stereocenters. The average molecular weight is 532 g/mol. The predicted octanol–water partition coefficient (Wildman–Crippen LogP) is 6.46. The standard InChI is InChI=1S/C19H16Br2O4S2/c1-23-19(22)9-11-7-14(16-4-6-18(21)27-16)12(10-25-24-2)8-13(11)15-3-5-17(20)26-15/h3-8H,9-10H2,1-2H3. The molecule has 0 saturated heterocycles. The largest absolute Gasteiger partial charge is 0.469 e. The number of thiophene rings is 2. The molecule has 0 radical (unpaired) electrons. The van der Waals surface area contributed by atoms with Gasteiger partial charge in [0.25, 0.3) is 0 Å². The van der Waals surface area contributed by atoms with Crippen LogP contribution in [0.4, 0.5) is 0 Å². The summed E-state index contributed by atoms with van der Waals surface area (Å²) < 4.78 is 6.97. The number of carbonyl (C=O) groups excluding carboxylic acids is 1. The highest BCUT2D eigenvalue weighted by molar-refractivity contribution is 9.11. The average Bonchev–Trinajstić information content (AvgIpc) is 3.28. The maximum Gasteiger partial charge on any atom is 0.310 e. The zero-order valence-corrected chi connectivity index (χ0v) is 19.4. The van der Waals surface area contributed by atoms with E-state index in [9.17, 15) is 4.79 Å². The lowest BCUT2D eigenvalue weighted by Crippen LogP contribution is -2.07. The van der Waals surface area contributed by atoms with Crippen molar-refractivity contribution in [1.82, 2.24) is 0 Å². The van der Waals surface area contributed by atoms with Crippen molar-refractivity contribution >= 4 is 60.5 Å². The molecule has 1 aromatic carbocycles. The fourth-order valence-electron chi connectivity index (χ4n) is 2.68. The third-order valence-corrected chi connectivity index (χ3v) is 7.21. The fraction of sp³-hybridized carbons (Fsp3) is 0.211. The summed E-state index contributed by atoms with van der Waals surface area (Å²) in [6.07, 6.45) is 0.201. The van der Waals surface area contributed by atoms with Crippen molar-refractivity contribution in [2.45, 2.75) is 13.0 Å². The van der Waals surface area contributed by atoms with Gasteiger partial charge in [0.1, 0.15) is 6.61 Å². The van der Waals surface area contributed by atoms with Crippen LogP contribution in [0.2, 0.25) is 0 Å². The van der Waals surface area contributed by atoms with Crippen LogP contribution in [-0.4, -0.2) is 20.2 Å². The van der Waals surface area contributed by atoms with Crippen molar-refractivity contribution in [3.8, 4) is 20.9 Å². The van der Waals surface area contributed by atoms with Gasteiger partial charge in [-0.05, 0) is 90.5 Å². The van der Waals surface area contributed by atoms with Crippen LogP contribution in [0.15, 0.2) is 44.0 Å². The lowest BCUT2D eigenvalue weighted by Gasteiger charge is -2.15. The minimum Gasteiger partial charge on any atom is -0.469 e. The molecule has 0 fully saturated rings. The van der Waals surface area contributed by atoms with Crippen LogP contribution < -0.4 is 0 Å². The highest BCUT2D eigenvalue weighted by atomic mass is 79.9. The minimum absolute atomic E-state index is 0.201. The maximum absolute atomic E-state index is 12.0. The van der Waals surface area contributed by atoms with Crippen molar-refractivity contribution in [2.75, 3.05) is 14.2 Å². The third-order valence-electron chi connectivity index (χ3n) is 3.90. The van der Waals surface area contributed by atoms with Gasteiger partial charge in [0.2, 0.25) is 0 Å². The molecule has 8 heteroatoms. The van der Waals surface area contributed by atoms with E-state index in [1.165, 1.54) is 14.2 Å². The van der Waals surface area contributed by atoms with Gasteiger partial charge in [-0.1, -0.05) is 0 Å². The van der Waals surface area contributed by atoms with Gasteiger partial charge in [-0.2, -0.15) is 0 Å². The molecule has 0 aliphatic rings. The van der Waals surface area contributed by atoms with E-state index >= 15 is 0 Å². The maximum atomic E-state index is 12.0. The van der Waals surface area contributed by atoms with Gasteiger partial charge in [-0.3, -0.25) is 4.79 Å². The van der Waals surface area contributed by atoms with Crippen molar-refractivity contribution in [1.29, 1.82) is 0 Å². The summed E-state index contributed by atoms with van der Waals surface area (Å²) in [6.45, 7) is 0.305. The molecular formula is C19H16Br2O4S2. The van der Waals surface area contributed by atoms with Crippen LogP contribution in [0.25, 0.3) is 20.9 Å². The number of rotatable bonds is 7. The fourth-order valence-corrected chi connectivity index (χ4v) is 5.56. The molecular weight excluding hydrogens is 516 g/mol. The van der Waals surface area contributed by atoms with Gasteiger partial charge < -0.3 is 4.74 Å². The molecule has 3 rings (SSSR count). The number of hydrogen-bond donors (Lipinski definition) is 0. The molecule has 3 aromatic rings. The summed E-state index contributed by atoms with van der Waals surface area (Å²) in [5.41, 5.74) is 3.91. The lowest BCUT2D eigenvalue weighted by atomic mass is 9.95. The highest BCUT2D eigenvalue weighted by Crippen LogP contribution is 2.40. The molecule has 2 heterocycles. The molecule has 0 saturated carbocycles. The second-order valence-electron chi connectivity index (χ2n) is 5.56. The summed E-state index contributed by atoms with van der Waals surface area (Å²) in [6, 6.07) is 12.2. The van der Waals surface area contributed by atoms with Crippen molar-refractivity contribution in [3.63, 3.8) is 0 Å². The number of carbonyl (C=O) groups is 1. The van der Waals surface area contributed by atoms with Crippen LogP contribution in [0.1, 0.15) is 11.1 Å². The van der Waals surface area contributed by atoms with Gasteiger partial charge in [0.15, 0.2) is 0 Å². The van der Waals surface area contributed by atoms with Crippen molar-refractivity contribution in [3.05, 3.63) is 55.1 Å². The number of ether oxygens (including phenoxy) is 1. The van der Waals surface area contributed by atoms with E-state index in [2.05, 4.69) is 37.9 Å². The van der Waals surface area contributed by atoms with E-state index in [0.717, 1.165) is 39.6 Å². The van der Waals surface area contributed by atoms with E-state index in [1.54, 1.807) is 22.7 Å². The molecule has 0 amide bonds. The normalized spacial score (nSPS) is 11.0. The Morgan fingerprint density at radius 1 is 0.926 bits per heavy atom. The summed E-state index contributed by atoms with van der Waals surface area (Å²) in [5.74, 6) is -0.272. The highest BCUT2D eigenvalue weighted by Gasteiger charge is 2.18. The Hall–Kier alpha value is -1.03. The van der Waals surface area contributed by atoms with Crippen LogP contribution in [0, 0.1) is 0 Å². The minimum atomic E-state index is -0.272. The Bertz CT molecular complexity index is 949. The first-order valence-electron chi connectivity index (χ1n) is 7.91. The SMILES string of the molecule is COOCc1cc(-c2ccc(Br)s2)c(CC(=O)OC)cc1-c1ccc(Br)s1. The molecule has 0 unspecified atom stereocenters. The Kier molecular flexibility index (Phi) is 7.24. The second kappa shape index (κ2) is 9.45. The van der Waals surface area contributed by atoms with Crippen LogP contribution >= 0.6 is 54.5 Å². The molecule has 0 spiro atoms. The Balaban J connectivity index is 2.17. The first-order chi connectivity index (χ1) is 13.0. The molecule has 2 aromatic heterocycles. The second-order valence-corrected chi connectivity index (χ2v) is 10.5. The lowest BCUT2D eigenvalue weighted by molar-refractivity contribution is -0.282. The van der Waals surface area contributed by atoms with Gasteiger partial charge in [-0.15, -0.1) is 22.7 Å². The Morgan fingerprint density at radius 2 is 1.48 bits per heavy atom. The van der Waals surface area contributed by atoms with E-state index in [4.69, 9.17) is 14.5 Å². The van der Waals surface area contributed by atoms with Crippen LogP contribution in [-0.2, 0) is 32.3 Å². The first-order valence-corrected chi connectivity index (χ1v) is 11.1.